The summed E-state index contributed by atoms with van der Waals surface area (Å²) >= 11 is 1.87. The van der Waals surface area contributed by atoms with Crippen LogP contribution in [0.4, 0.5) is 4.39 Å². The van der Waals surface area contributed by atoms with E-state index in [1.54, 1.807) is 6.07 Å². The van der Waals surface area contributed by atoms with Crippen molar-refractivity contribution in [3.05, 3.63) is 47.4 Å². The second-order valence-electron chi connectivity index (χ2n) is 10.4. The molecule has 2 aliphatic carbocycles. The van der Waals surface area contributed by atoms with Gasteiger partial charge in [0.05, 0.1) is 18.4 Å². The molecule has 0 atom stereocenters. The van der Waals surface area contributed by atoms with Gasteiger partial charge in [-0.2, -0.15) is 11.8 Å². The Kier molecular flexibility index (Phi) is 8.56. The van der Waals surface area contributed by atoms with Crippen LogP contribution < -0.4 is 20.1 Å². The van der Waals surface area contributed by atoms with E-state index in [4.69, 9.17) is 9.47 Å². The van der Waals surface area contributed by atoms with E-state index in [1.165, 1.54) is 18.2 Å². The number of hydrogen-bond donors (Lipinski definition) is 3. The second-order valence-corrected chi connectivity index (χ2v) is 11.6. The average Bonchev–Trinajstić information content (AvgIpc) is 3.75. The van der Waals surface area contributed by atoms with Crippen molar-refractivity contribution in [2.45, 2.75) is 69.6 Å². The fourth-order valence-corrected chi connectivity index (χ4v) is 5.92. The SMILES string of the molecule is O=C(N[C@H]1CC[C@@H](NC(=O)c2cc(F)cnc2OC2CCSCC2)CC1)c1ccc(O)cc1OCC1CC1. The highest BCUT2D eigenvalue weighted by molar-refractivity contribution is 7.99. The van der Waals surface area contributed by atoms with Crippen LogP contribution in [0.3, 0.4) is 0 Å². The lowest BCUT2D eigenvalue weighted by Crippen LogP contribution is -2.44. The number of amides is 2. The van der Waals surface area contributed by atoms with Crippen LogP contribution in [-0.4, -0.2) is 58.2 Å². The third-order valence-corrected chi connectivity index (χ3v) is 8.34. The van der Waals surface area contributed by atoms with Crippen LogP contribution in [0.25, 0.3) is 0 Å². The predicted molar refractivity (Wildman–Crippen MR) is 142 cm³/mol. The van der Waals surface area contributed by atoms with Gasteiger partial charge in [0.15, 0.2) is 0 Å². The predicted octanol–water partition coefficient (Wildman–Crippen LogP) is 4.46. The Morgan fingerprint density at radius 3 is 2.26 bits per heavy atom. The maximum atomic E-state index is 14.0. The third-order valence-electron chi connectivity index (χ3n) is 7.29. The van der Waals surface area contributed by atoms with Crippen LogP contribution in [0.5, 0.6) is 17.4 Å². The minimum Gasteiger partial charge on any atom is -0.508 e. The molecular formula is C28H34FN3O5S. The number of carbonyl (C=O) groups is 2. The lowest BCUT2D eigenvalue weighted by Gasteiger charge is -2.30. The van der Waals surface area contributed by atoms with Crippen LogP contribution in [0.15, 0.2) is 30.5 Å². The number of nitrogens with zero attached hydrogens (tertiary/aromatic N) is 1. The van der Waals surface area contributed by atoms with Crippen molar-refractivity contribution < 1.29 is 28.6 Å². The minimum atomic E-state index is -0.581. The molecule has 5 rings (SSSR count). The highest BCUT2D eigenvalue weighted by Gasteiger charge is 2.28. The van der Waals surface area contributed by atoms with Crippen LogP contribution in [0.2, 0.25) is 0 Å². The number of carbonyl (C=O) groups excluding carboxylic acids is 2. The quantitative estimate of drug-likeness (QED) is 0.428. The van der Waals surface area contributed by atoms with Crippen molar-refractivity contribution in [2.75, 3.05) is 18.1 Å². The van der Waals surface area contributed by atoms with Crippen molar-refractivity contribution in [1.82, 2.24) is 15.6 Å². The number of pyridine rings is 1. The van der Waals surface area contributed by atoms with E-state index in [9.17, 15) is 19.1 Å². The zero-order valence-corrected chi connectivity index (χ0v) is 22.1. The minimum absolute atomic E-state index is 0.0204. The first-order chi connectivity index (χ1) is 18.4. The number of benzene rings is 1. The topological polar surface area (TPSA) is 110 Å². The Morgan fingerprint density at radius 2 is 1.61 bits per heavy atom. The van der Waals surface area contributed by atoms with Crippen molar-refractivity contribution in [2.24, 2.45) is 5.92 Å². The summed E-state index contributed by atoms with van der Waals surface area (Å²) < 4.78 is 25.7. The molecule has 1 aromatic carbocycles. The van der Waals surface area contributed by atoms with Crippen LogP contribution in [-0.2, 0) is 0 Å². The number of nitrogens with one attached hydrogen (secondary N) is 2. The molecule has 2 heterocycles. The van der Waals surface area contributed by atoms with E-state index < -0.39 is 11.7 Å². The molecule has 0 radical (unpaired) electrons. The molecule has 2 aromatic rings. The van der Waals surface area contributed by atoms with Gasteiger partial charge in [-0.3, -0.25) is 9.59 Å². The molecule has 3 N–H and O–H groups in total. The molecule has 0 bridgehead atoms. The van der Waals surface area contributed by atoms with Gasteiger partial charge in [0.25, 0.3) is 11.8 Å². The molecule has 1 saturated heterocycles. The van der Waals surface area contributed by atoms with E-state index in [1.807, 2.05) is 11.8 Å². The van der Waals surface area contributed by atoms with Gasteiger partial charge in [0.2, 0.25) is 5.88 Å². The van der Waals surface area contributed by atoms with E-state index in [-0.39, 0.29) is 41.3 Å². The summed E-state index contributed by atoms with van der Waals surface area (Å²) in [5.41, 5.74) is 0.520. The number of phenolic OH excluding ortho intramolecular Hbond substituents is 1. The molecule has 10 heteroatoms. The Morgan fingerprint density at radius 1 is 0.947 bits per heavy atom. The fraction of sp³-hybridized carbons (Fsp3) is 0.536. The molecule has 0 unspecified atom stereocenters. The number of ether oxygens (including phenoxy) is 2. The molecule has 8 nitrogen and oxygen atoms in total. The van der Waals surface area contributed by atoms with Gasteiger partial charge in [-0.1, -0.05) is 0 Å². The van der Waals surface area contributed by atoms with Gasteiger partial charge in [-0.05, 0) is 87.0 Å². The number of phenols is 1. The highest BCUT2D eigenvalue weighted by atomic mass is 32.2. The number of rotatable bonds is 9. The first-order valence-electron chi connectivity index (χ1n) is 13.4. The third kappa shape index (κ3) is 7.09. The Balaban J connectivity index is 1.14. The maximum absolute atomic E-state index is 14.0. The summed E-state index contributed by atoms with van der Waals surface area (Å²) in [6, 6.07) is 5.59. The molecule has 2 amide bonds. The Bertz CT molecular complexity index is 1150. The summed E-state index contributed by atoms with van der Waals surface area (Å²) in [6.45, 7) is 0.544. The molecular weight excluding hydrogens is 509 g/mol. The second kappa shape index (κ2) is 12.2. The zero-order valence-electron chi connectivity index (χ0n) is 21.3. The standard InChI is InChI=1S/C28H34FN3O5S/c29-18-13-24(28(30-15-18)37-22-9-11-38-12-10-22)27(35)32-20-5-3-19(4-6-20)31-26(34)23-8-7-21(33)14-25(23)36-16-17-1-2-17/h7-8,13-15,17,19-20,22,33H,1-6,9-12,16H2,(H,31,34)(H,32,35)/t19-,20+. The van der Waals surface area contributed by atoms with Crippen molar-refractivity contribution >= 4 is 23.6 Å². The molecule has 2 saturated carbocycles. The van der Waals surface area contributed by atoms with E-state index >= 15 is 0 Å². The summed E-state index contributed by atoms with van der Waals surface area (Å²) in [4.78, 5) is 30.1. The van der Waals surface area contributed by atoms with Crippen molar-refractivity contribution in [3.63, 3.8) is 0 Å². The van der Waals surface area contributed by atoms with Crippen molar-refractivity contribution in [3.8, 4) is 17.4 Å². The average molecular weight is 544 g/mol. The number of thioether (sulfide) groups is 1. The largest absolute Gasteiger partial charge is 0.508 e. The van der Waals surface area contributed by atoms with Gasteiger partial charge in [-0.15, -0.1) is 0 Å². The smallest absolute Gasteiger partial charge is 0.257 e. The van der Waals surface area contributed by atoms with Gasteiger partial charge < -0.3 is 25.2 Å². The molecule has 204 valence electrons. The Labute approximate surface area is 226 Å². The number of halogens is 1. The van der Waals surface area contributed by atoms with Crippen LogP contribution >= 0.6 is 11.8 Å². The van der Waals surface area contributed by atoms with E-state index in [2.05, 4.69) is 15.6 Å². The lowest BCUT2D eigenvalue weighted by atomic mass is 9.90. The van der Waals surface area contributed by atoms with Gasteiger partial charge in [0.1, 0.15) is 29.0 Å². The first kappa shape index (κ1) is 26.6. The molecule has 1 aromatic heterocycles. The summed E-state index contributed by atoms with van der Waals surface area (Å²) in [5, 5.41) is 15.9. The van der Waals surface area contributed by atoms with Gasteiger partial charge in [0, 0.05) is 18.2 Å². The van der Waals surface area contributed by atoms with Crippen molar-refractivity contribution in [1.29, 1.82) is 0 Å². The van der Waals surface area contributed by atoms with Gasteiger partial charge >= 0.3 is 0 Å². The van der Waals surface area contributed by atoms with E-state index in [0.29, 0.717) is 49.5 Å². The Hall–Kier alpha value is -3.01. The number of aromatic nitrogens is 1. The summed E-state index contributed by atoms with van der Waals surface area (Å²) in [6.07, 6.45) is 7.80. The van der Waals surface area contributed by atoms with Crippen LogP contribution in [0, 0.1) is 11.7 Å². The number of hydrogen-bond acceptors (Lipinski definition) is 7. The summed E-state index contributed by atoms with van der Waals surface area (Å²) in [5.74, 6) is 1.92. The van der Waals surface area contributed by atoms with Gasteiger partial charge in [-0.25, -0.2) is 9.37 Å². The maximum Gasteiger partial charge on any atom is 0.257 e. The number of aromatic hydroxyl groups is 1. The molecule has 3 aliphatic rings. The van der Waals surface area contributed by atoms with Crippen LogP contribution in [0.1, 0.15) is 72.1 Å². The fourth-order valence-electron chi connectivity index (χ4n) is 4.85. The molecule has 1 aliphatic heterocycles. The first-order valence-corrected chi connectivity index (χ1v) is 14.6. The molecule has 0 spiro atoms. The van der Waals surface area contributed by atoms with E-state index in [0.717, 1.165) is 43.4 Å². The molecule has 38 heavy (non-hydrogen) atoms. The monoisotopic (exact) mass is 543 g/mol. The zero-order chi connectivity index (χ0) is 26.5. The normalized spacial score (nSPS) is 21.9. The highest BCUT2D eigenvalue weighted by Crippen LogP contribution is 2.32. The lowest BCUT2D eigenvalue weighted by molar-refractivity contribution is 0.0883. The summed E-state index contributed by atoms with van der Waals surface area (Å²) in [7, 11) is 0. The molecule has 3 fully saturated rings.